The van der Waals surface area contributed by atoms with Gasteiger partial charge in [0.25, 0.3) is 10.0 Å². The fraction of sp³-hybridized carbons (Fsp3) is 0.522. The van der Waals surface area contributed by atoms with Crippen LogP contribution in [0.2, 0.25) is 0 Å². The number of hydrogen-bond acceptors (Lipinski definition) is 6. The van der Waals surface area contributed by atoms with Crippen LogP contribution in [0, 0.1) is 0 Å². The first kappa shape index (κ1) is 23.2. The highest BCUT2D eigenvalue weighted by molar-refractivity contribution is 7.91. The maximum atomic E-state index is 13.4. The predicted octanol–water partition coefficient (Wildman–Crippen LogP) is 3.30. The first-order valence-electron chi connectivity index (χ1n) is 11.1. The molecule has 2 aromatic rings. The van der Waals surface area contributed by atoms with Gasteiger partial charge < -0.3 is 14.8 Å². The molecule has 1 saturated carbocycles. The molecule has 1 N–H and O–H groups in total. The summed E-state index contributed by atoms with van der Waals surface area (Å²) < 4.78 is 38.0. The zero-order valence-electron chi connectivity index (χ0n) is 18.3. The molecule has 1 saturated heterocycles. The zero-order chi connectivity index (χ0) is 22.6. The summed E-state index contributed by atoms with van der Waals surface area (Å²) >= 11 is 1.22. The molecule has 7 nitrogen and oxygen atoms in total. The van der Waals surface area contributed by atoms with Crippen LogP contribution in [0.15, 0.2) is 40.6 Å². The van der Waals surface area contributed by atoms with E-state index in [2.05, 4.69) is 5.32 Å². The largest absolute Gasteiger partial charge is 0.497 e. The molecule has 32 heavy (non-hydrogen) atoms. The highest BCUT2D eigenvalue weighted by Crippen LogP contribution is 2.40. The number of hydrogen-bond donors (Lipinski definition) is 1. The van der Waals surface area contributed by atoms with Gasteiger partial charge in [-0.15, -0.1) is 11.3 Å². The Kier molecular flexibility index (Phi) is 7.19. The normalized spacial score (nSPS) is 19.4. The van der Waals surface area contributed by atoms with Crippen molar-refractivity contribution < 1.29 is 22.7 Å². The van der Waals surface area contributed by atoms with Crippen molar-refractivity contribution in [3.8, 4) is 5.75 Å². The fourth-order valence-electron chi connectivity index (χ4n) is 4.55. The molecule has 2 heterocycles. The van der Waals surface area contributed by atoms with Crippen molar-refractivity contribution in [1.29, 1.82) is 0 Å². The molecule has 1 aliphatic carbocycles. The Morgan fingerprint density at radius 2 is 1.78 bits per heavy atom. The number of rotatable bonds is 7. The van der Waals surface area contributed by atoms with Gasteiger partial charge in [0.2, 0.25) is 5.91 Å². The van der Waals surface area contributed by atoms with Crippen LogP contribution in [-0.4, -0.2) is 52.0 Å². The van der Waals surface area contributed by atoms with Gasteiger partial charge >= 0.3 is 0 Å². The lowest BCUT2D eigenvalue weighted by Gasteiger charge is -2.36. The lowest BCUT2D eigenvalue weighted by molar-refractivity contribution is -0.128. The number of ether oxygens (including phenoxy) is 2. The summed E-state index contributed by atoms with van der Waals surface area (Å²) in [5.41, 5.74) is 0.460. The van der Waals surface area contributed by atoms with Gasteiger partial charge in [-0.25, -0.2) is 8.42 Å². The molecule has 1 amide bonds. The van der Waals surface area contributed by atoms with E-state index >= 15 is 0 Å². The summed E-state index contributed by atoms with van der Waals surface area (Å²) in [6.07, 6.45) is 4.79. The van der Waals surface area contributed by atoms with Gasteiger partial charge in [-0.3, -0.25) is 4.79 Å². The summed E-state index contributed by atoms with van der Waals surface area (Å²) in [6, 6.07) is 11.2. The summed E-state index contributed by atoms with van der Waals surface area (Å²) in [6.45, 7) is 1.90. The number of methoxy groups -OCH3 is 1. The molecule has 174 valence electrons. The van der Waals surface area contributed by atoms with Gasteiger partial charge in [-0.1, -0.05) is 31.4 Å². The number of amides is 1. The van der Waals surface area contributed by atoms with Crippen LogP contribution in [0.3, 0.4) is 0 Å². The maximum absolute atomic E-state index is 13.4. The van der Waals surface area contributed by atoms with E-state index in [1.165, 1.54) is 15.6 Å². The van der Waals surface area contributed by atoms with Gasteiger partial charge in [-0.2, -0.15) is 4.31 Å². The van der Waals surface area contributed by atoms with Crippen LogP contribution in [-0.2, 0) is 31.5 Å². The lowest BCUT2D eigenvalue weighted by Crippen LogP contribution is -2.45. The maximum Gasteiger partial charge on any atom is 0.252 e. The predicted molar refractivity (Wildman–Crippen MR) is 124 cm³/mol. The molecule has 1 aliphatic heterocycles. The van der Waals surface area contributed by atoms with Gasteiger partial charge in [-0.05, 0) is 42.7 Å². The number of carbonyl (C=O) groups excluding carboxylic acids is 1. The first-order valence-corrected chi connectivity index (χ1v) is 13.3. The van der Waals surface area contributed by atoms with Crippen LogP contribution in [0.5, 0.6) is 5.75 Å². The van der Waals surface area contributed by atoms with Crippen molar-refractivity contribution in [2.24, 2.45) is 0 Å². The molecular weight excluding hydrogens is 448 g/mol. The van der Waals surface area contributed by atoms with Crippen molar-refractivity contribution in [3.05, 3.63) is 46.8 Å². The summed E-state index contributed by atoms with van der Waals surface area (Å²) in [4.78, 5) is 14.2. The van der Waals surface area contributed by atoms with Crippen molar-refractivity contribution >= 4 is 27.3 Å². The van der Waals surface area contributed by atoms with Crippen LogP contribution in [0.25, 0.3) is 0 Å². The van der Waals surface area contributed by atoms with Crippen molar-refractivity contribution in [2.45, 2.75) is 48.3 Å². The minimum Gasteiger partial charge on any atom is -0.497 e. The first-order chi connectivity index (χ1) is 15.5. The van der Waals surface area contributed by atoms with Crippen LogP contribution in [0.4, 0.5) is 0 Å². The third-order valence-corrected chi connectivity index (χ3v) is 9.86. The SMILES string of the molecule is COc1ccc(C2(C(=O)NCc3ccc(S(=O)(=O)N4CCOCC4)s3)CCCCC2)cc1. The third-order valence-electron chi connectivity index (χ3n) is 6.41. The molecule has 1 aromatic carbocycles. The van der Waals surface area contributed by atoms with Gasteiger partial charge in [0.15, 0.2) is 0 Å². The monoisotopic (exact) mass is 478 g/mol. The van der Waals surface area contributed by atoms with Gasteiger partial charge in [0.1, 0.15) is 9.96 Å². The topological polar surface area (TPSA) is 84.9 Å². The lowest BCUT2D eigenvalue weighted by atomic mass is 9.68. The zero-order valence-corrected chi connectivity index (χ0v) is 20.0. The van der Waals surface area contributed by atoms with E-state index in [0.29, 0.717) is 37.1 Å². The van der Waals surface area contributed by atoms with E-state index in [1.807, 2.05) is 24.3 Å². The standard InChI is InChI=1S/C23H30N2O5S2/c1-29-19-7-5-18(6-8-19)23(11-3-2-4-12-23)22(26)24-17-20-9-10-21(31-20)32(27,28)25-13-15-30-16-14-25/h5-10H,2-4,11-17H2,1H3,(H,24,26). The Labute approximate surface area is 193 Å². The van der Waals surface area contributed by atoms with Gasteiger partial charge in [0.05, 0.1) is 32.3 Å². The number of morpholine rings is 1. The number of nitrogens with one attached hydrogen (secondary N) is 1. The number of thiophene rings is 1. The second kappa shape index (κ2) is 9.91. The van der Waals surface area contributed by atoms with Crippen molar-refractivity contribution in [3.63, 3.8) is 0 Å². The summed E-state index contributed by atoms with van der Waals surface area (Å²) in [5.74, 6) is 0.779. The smallest absolute Gasteiger partial charge is 0.252 e. The summed E-state index contributed by atoms with van der Waals surface area (Å²) in [7, 11) is -1.88. The third kappa shape index (κ3) is 4.71. The Morgan fingerprint density at radius 3 is 2.44 bits per heavy atom. The van der Waals surface area contributed by atoms with Gasteiger partial charge in [0, 0.05) is 18.0 Å². The highest BCUT2D eigenvalue weighted by atomic mass is 32.2. The van der Waals surface area contributed by atoms with E-state index in [9.17, 15) is 13.2 Å². The van der Waals surface area contributed by atoms with E-state index < -0.39 is 15.4 Å². The van der Waals surface area contributed by atoms with E-state index in [0.717, 1.165) is 48.3 Å². The molecular formula is C23H30N2O5S2. The van der Waals surface area contributed by atoms with Crippen LogP contribution < -0.4 is 10.1 Å². The molecule has 2 aliphatic rings. The Morgan fingerprint density at radius 1 is 1.09 bits per heavy atom. The molecule has 4 rings (SSSR count). The van der Waals surface area contributed by atoms with E-state index in [1.54, 1.807) is 19.2 Å². The minimum atomic E-state index is -3.51. The Hall–Kier alpha value is -1.94. The fourth-order valence-corrected chi connectivity index (χ4v) is 7.41. The second-order valence-corrected chi connectivity index (χ2v) is 11.6. The molecule has 0 bridgehead atoms. The van der Waals surface area contributed by atoms with Crippen molar-refractivity contribution in [2.75, 3.05) is 33.4 Å². The number of nitrogens with zero attached hydrogens (tertiary/aromatic N) is 1. The Bertz CT molecular complexity index is 1020. The van der Waals surface area contributed by atoms with E-state index in [-0.39, 0.29) is 5.91 Å². The van der Waals surface area contributed by atoms with Crippen LogP contribution >= 0.6 is 11.3 Å². The average molecular weight is 479 g/mol. The molecule has 9 heteroatoms. The number of benzene rings is 1. The molecule has 1 aromatic heterocycles. The average Bonchev–Trinajstić information content (AvgIpc) is 3.33. The van der Waals surface area contributed by atoms with Crippen LogP contribution in [0.1, 0.15) is 42.5 Å². The minimum absolute atomic E-state index is 0.00773. The van der Waals surface area contributed by atoms with Crippen molar-refractivity contribution in [1.82, 2.24) is 9.62 Å². The number of sulfonamides is 1. The van der Waals surface area contributed by atoms with E-state index in [4.69, 9.17) is 9.47 Å². The quantitative estimate of drug-likeness (QED) is 0.660. The summed E-state index contributed by atoms with van der Waals surface area (Å²) in [5, 5.41) is 3.09. The number of carbonyl (C=O) groups is 1. The molecule has 0 radical (unpaired) electrons. The highest BCUT2D eigenvalue weighted by Gasteiger charge is 2.41. The Balaban J connectivity index is 1.47. The second-order valence-electron chi connectivity index (χ2n) is 8.29. The molecule has 0 atom stereocenters. The molecule has 0 spiro atoms. The molecule has 0 unspecified atom stereocenters. The molecule has 2 fully saturated rings.